The van der Waals surface area contributed by atoms with Crippen molar-refractivity contribution < 1.29 is 13.2 Å². The smallest absolute Gasteiger partial charge is 0.284 e. The lowest BCUT2D eigenvalue weighted by Crippen LogP contribution is -2.42. The van der Waals surface area contributed by atoms with Crippen LogP contribution in [0.2, 0.25) is 0 Å². The topological polar surface area (TPSA) is 93.1 Å². The standard InChI is InChI=1S/C19H20N4O3S/c1-2-6-15-9-11-17(12-10-15)27(25,26)22-21-19(24)18-13-20-14-23(18)16-7-4-3-5-8-16/h3-5,7-14,22H,2,6H2,1H3,(H,21,24). The molecule has 8 heteroatoms. The van der Waals surface area contributed by atoms with Crippen molar-refractivity contribution in [3.05, 3.63) is 78.4 Å². The van der Waals surface area contributed by atoms with Gasteiger partial charge in [0.05, 0.1) is 17.4 Å². The molecule has 7 nitrogen and oxygen atoms in total. The number of amides is 1. The Labute approximate surface area is 158 Å². The summed E-state index contributed by atoms with van der Waals surface area (Å²) in [5.41, 5.74) is 4.25. The molecule has 2 aromatic carbocycles. The van der Waals surface area contributed by atoms with E-state index in [4.69, 9.17) is 0 Å². The number of aryl methyl sites for hydroxylation is 1. The van der Waals surface area contributed by atoms with E-state index in [1.807, 2.05) is 30.3 Å². The van der Waals surface area contributed by atoms with Gasteiger partial charge >= 0.3 is 0 Å². The minimum Gasteiger partial charge on any atom is -0.295 e. The van der Waals surface area contributed by atoms with Gasteiger partial charge in [-0.05, 0) is 36.2 Å². The predicted octanol–water partition coefficient (Wildman–Crippen LogP) is 2.45. The summed E-state index contributed by atoms with van der Waals surface area (Å²) >= 11 is 0. The normalized spacial score (nSPS) is 11.3. The van der Waals surface area contributed by atoms with Crippen molar-refractivity contribution in [3.63, 3.8) is 0 Å². The molecule has 0 aliphatic heterocycles. The Morgan fingerprint density at radius 2 is 1.78 bits per heavy atom. The van der Waals surface area contributed by atoms with Gasteiger partial charge in [0.1, 0.15) is 5.69 Å². The predicted molar refractivity (Wildman–Crippen MR) is 102 cm³/mol. The van der Waals surface area contributed by atoms with Gasteiger partial charge < -0.3 is 0 Å². The Bertz CT molecular complexity index is 1010. The van der Waals surface area contributed by atoms with Gasteiger partial charge in [0.15, 0.2) is 0 Å². The highest BCUT2D eigenvalue weighted by atomic mass is 32.2. The summed E-state index contributed by atoms with van der Waals surface area (Å²) in [5.74, 6) is -0.609. The third-order valence-electron chi connectivity index (χ3n) is 3.98. The van der Waals surface area contributed by atoms with Crippen molar-refractivity contribution in [2.45, 2.75) is 24.7 Å². The number of hydrogen-bond donors (Lipinski definition) is 2. The van der Waals surface area contributed by atoms with E-state index in [1.165, 1.54) is 24.7 Å². The number of imidazole rings is 1. The lowest BCUT2D eigenvalue weighted by Gasteiger charge is -2.11. The van der Waals surface area contributed by atoms with Crippen molar-refractivity contribution in [1.82, 2.24) is 19.8 Å². The molecule has 3 aromatic rings. The molecular formula is C19H20N4O3S. The third kappa shape index (κ3) is 4.42. The van der Waals surface area contributed by atoms with Crippen LogP contribution >= 0.6 is 0 Å². The summed E-state index contributed by atoms with van der Waals surface area (Å²) in [6.45, 7) is 2.06. The number of nitrogens with zero attached hydrogens (tertiary/aromatic N) is 2. The maximum absolute atomic E-state index is 12.4. The number of benzene rings is 2. The fraction of sp³-hybridized carbons (Fsp3) is 0.158. The van der Waals surface area contributed by atoms with Crippen molar-refractivity contribution in [2.75, 3.05) is 0 Å². The molecule has 140 valence electrons. The number of sulfonamides is 1. The molecular weight excluding hydrogens is 364 g/mol. The van der Waals surface area contributed by atoms with Crippen molar-refractivity contribution in [1.29, 1.82) is 0 Å². The van der Waals surface area contributed by atoms with E-state index < -0.39 is 15.9 Å². The van der Waals surface area contributed by atoms with Crippen LogP contribution < -0.4 is 10.3 Å². The average Bonchev–Trinajstić information content (AvgIpc) is 3.18. The van der Waals surface area contributed by atoms with Gasteiger partial charge in [-0.15, -0.1) is 4.83 Å². The number of carbonyl (C=O) groups excluding carboxylic acids is 1. The first-order valence-electron chi connectivity index (χ1n) is 8.50. The second kappa shape index (κ2) is 8.15. The van der Waals surface area contributed by atoms with Crippen LogP contribution in [0.1, 0.15) is 29.4 Å². The van der Waals surface area contributed by atoms with Crippen molar-refractivity contribution in [3.8, 4) is 5.69 Å². The van der Waals surface area contributed by atoms with Gasteiger partial charge in [0.25, 0.3) is 15.9 Å². The molecule has 0 saturated heterocycles. The molecule has 0 bridgehead atoms. The fourth-order valence-electron chi connectivity index (χ4n) is 2.62. The van der Waals surface area contributed by atoms with Crippen LogP contribution in [0, 0.1) is 0 Å². The molecule has 1 heterocycles. The summed E-state index contributed by atoms with van der Waals surface area (Å²) in [7, 11) is -3.87. The van der Waals surface area contributed by atoms with Crippen LogP contribution in [0.5, 0.6) is 0 Å². The molecule has 0 radical (unpaired) electrons. The van der Waals surface area contributed by atoms with E-state index in [1.54, 1.807) is 16.7 Å². The number of nitrogens with one attached hydrogen (secondary N) is 2. The van der Waals surface area contributed by atoms with Gasteiger partial charge in [-0.3, -0.25) is 14.8 Å². The van der Waals surface area contributed by atoms with Crippen molar-refractivity contribution >= 4 is 15.9 Å². The zero-order valence-electron chi connectivity index (χ0n) is 14.8. The first-order valence-corrected chi connectivity index (χ1v) is 9.98. The Balaban J connectivity index is 1.71. The molecule has 0 fully saturated rings. The zero-order valence-corrected chi connectivity index (χ0v) is 15.6. The maximum atomic E-state index is 12.4. The van der Waals surface area contributed by atoms with Crippen LogP contribution in [0.3, 0.4) is 0 Å². The molecule has 3 rings (SSSR count). The second-order valence-corrected chi connectivity index (χ2v) is 7.62. The number of carbonyl (C=O) groups is 1. The van der Waals surface area contributed by atoms with Gasteiger partial charge in [-0.2, -0.15) is 0 Å². The molecule has 0 saturated carbocycles. The fourth-order valence-corrected chi connectivity index (χ4v) is 3.46. The molecule has 0 aliphatic carbocycles. The number of aromatic nitrogens is 2. The Hall–Kier alpha value is -2.97. The van der Waals surface area contributed by atoms with Gasteiger partial charge in [-0.1, -0.05) is 43.7 Å². The molecule has 1 amide bonds. The summed E-state index contributed by atoms with van der Waals surface area (Å²) in [4.78, 5) is 18.6. The van der Waals surface area contributed by atoms with Crippen LogP contribution in [0.4, 0.5) is 0 Å². The highest BCUT2D eigenvalue weighted by molar-refractivity contribution is 7.89. The molecule has 0 atom stereocenters. The van der Waals surface area contributed by atoms with E-state index in [2.05, 4.69) is 22.2 Å². The summed E-state index contributed by atoms with van der Waals surface area (Å²) in [5, 5.41) is 0. The highest BCUT2D eigenvalue weighted by Gasteiger charge is 2.18. The van der Waals surface area contributed by atoms with Crippen LogP contribution in [0.15, 0.2) is 72.0 Å². The number of para-hydroxylation sites is 1. The molecule has 1 aromatic heterocycles. The maximum Gasteiger partial charge on any atom is 0.284 e. The van der Waals surface area contributed by atoms with Gasteiger partial charge in [-0.25, -0.2) is 13.4 Å². The van der Waals surface area contributed by atoms with E-state index in [9.17, 15) is 13.2 Å². The summed E-state index contributed by atoms with van der Waals surface area (Å²) in [6, 6.07) is 15.8. The molecule has 0 aliphatic rings. The highest BCUT2D eigenvalue weighted by Crippen LogP contribution is 2.12. The largest absolute Gasteiger partial charge is 0.295 e. The first-order chi connectivity index (χ1) is 13.0. The Morgan fingerprint density at radius 1 is 1.07 bits per heavy atom. The van der Waals surface area contributed by atoms with Gasteiger partial charge in [0.2, 0.25) is 0 Å². The molecule has 2 N–H and O–H groups in total. The van der Waals surface area contributed by atoms with Crippen LogP contribution in [0.25, 0.3) is 5.69 Å². The Morgan fingerprint density at radius 3 is 2.44 bits per heavy atom. The Kier molecular flexibility index (Phi) is 5.68. The van der Waals surface area contributed by atoms with Crippen molar-refractivity contribution in [2.24, 2.45) is 0 Å². The zero-order chi connectivity index (χ0) is 19.3. The third-order valence-corrected chi connectivity index (χ3v) is 5.24. The van der Waals surface area contributed by atoms with Crippen LogP contribution in [-0.4, -0.2) is 23.9 Å². The monoisotopic (exact) mass is 384 g/mol. The van der Waals surface area contributed by atoms with E-state index in [-0.39, 0.29) is 10.6 Å². The van der Waals surface area contributed by atoms with E-state index in [0.717, 1.165) is 24.1 Å². The molecule has 0 spiro atoms. The number of rotatable bonds is 7. The van der Waals surface area contributed by atoms with Crippen LogP contribution in [-0.2, 0) is 16.4 Å². The lowest BCUT2D eigenvalue weighted by molar-refractivity contribution is 0.0938. The first kappa shape index (κ1) is 18.8. The SMILES string of the molecule is CCCc1ccc(S(=O)(=O)NNC(=O)c2cncn2-c2ccccc2)cc1. The minimum atomic E-state index is -3.87. The summed E-state index contributed by atoms with van der Waals surface area (Å²) < 4.78 is 26.3. The van der Waals surface area contributed by atoms with E-state index in [0.29, 0.717) is 0 Å². The minimum absolute atomic E-state index is 0.0826. The number of hydrazine groups is 1. The number of hydrogen-bond acceptors (Lipinski definition) is 4. The quantitative estimate of drug-likeness (QED) is 0.612. The second-order valence-electron chi connectivity index (χ2n) is 5.94. The summed E-state index contributed by atoms with van der Waals surface area (Å²) in [6.07, 6.45) is 4.73. The molecule has 27 heavy (non-hydrogen) atoms. The average molecular weight is 384 g/mol. The van der Waals surface area contributed by atoms with Gasteiger partial charge in [0, 0.05) is 5.69 Å². The lowest BCUT2D eigenvalue weighted by atomic mass is 10.1. The van der Waals surface area contributed by atoms with E-state index >= 15 is 0 Å². The molecule has 0 unspecified atom stereocenters.